The van der Waals surface area contributed by atoms with Gasteiger partial charge in [-0.05, 0) is 48.1 Å². The van der Waals surface area contributed by atoms with E-state index in [2.05, 4.69) is 5.32 Å². The Morgan fingerprint density at radius 2 is 1.79 bits per heavy atom. The topological polar surface area (TPSA) is 82.2 Å². The zero-order valence-corrected chi connectivity index (χ0v) is 18.4. The fourth-order valence-corrected chi connectivity index (χ4v) is 4.84. The molecule has 2 aliphatic rings. The third kappa shape index (κ3) is 5.31. The number of alkyl halides is 3. The first-order chi connectivity index (χ1) is 15.7. The van der Waals surface area contributed by atoms with Crippen molar-refractivity contribution in [3.63, 3.8) is 0 Å². The van der Waals surface area contributed by atoms with Gasteiger partial charge in [-0.3, -0.25) is 10.2 Å². The molecular formula is C25H29F3N4O. The zero-order valence-electron chi connectivity index (χ0n) is 18.4. The number of halogens is 3. The number of nitrogen functional groups attached to an aromatic ring is 1. The minimum absolute atomic E-state index is 0.0718. The lowest BCUT2D eigenvalue weighted by Gasteiger charge is -2.28. The molecule has 1 atom stereocenters. The number of rotatable bonds is 6. The molecule has 0 aromatic heterocycles. The summed E-state index contributed by atoms with van der Waals surface area (Å²) in [5.74, 6) is 0.352. The Kier molecular flexibility index (Phi) is 6.63. The van der Waals surface area contributed by atoms with Crippen LogP contribution in [0.2, 0.25) is 0 Å². The van der Waals surface area contributed by atoms with E-state index in [4.69, 9.17) is 11.1 Å². The van der Waals surface area contributed by atoms with Crippen LogP contribution in [0.3, 0.4) is 0 Å². The van der Waals surface area contributed by atoms with E-state index in [1.165, 1.54) is 31.4 Å². The summed E-state index contributed by atoms with van der Waals surface area (Å²) in [5.41, 5.74) is 7.95. The van der Waals surface area contributed by atoms with Crippen LogP contribution in [0.15, 0.2) is 42.5 Å². The predicted octanol–water partition coefficient (Wildman–Crippen LogP) is 4.62. The van der Waals surface area contributed by atoms with Gasteiger partial charge in [-0.2, -0.15) is 13.2 Å². The molecule has 8 heteroatoms. The van der Waals surface area contributed by atoms with Crippen LogP contribution in [0.25, 0.3) is 0 Å². The SMILES string of the molecule is N=C(N)c1ccc2c(c1)N(Cc1ccc(C(F)(F)F)cc1)C(C(=O)NCC1CCCCC1)C2. The highest BCUT2D eigenvalue weighted by atomic mass is 19.4. The molecule has 176 valence electrons. The lowest BCUT2D eigenvalue weighted by Crippen LogP contribution is -2.46. The smallest absolute Gasteiger partial charge is 0.384 e. The number of anilines is 1. The fraction of sp³-hybridized carbons (Fsp3) is 0.440. The molecule has 4 rings (SSSR count). The summed E-state index contributed by atoms with van der Waals surface area (Å²) in [6, 6.07) is 10.00. The van der Waals surface area contributed by atoms with Crippen molar-refractivity contribution in [3.05, 3.63) is 64.7 Å². The first-order valence-corrected chi connectivity index (χ1v) is 11.4. The Balaban J connectivity index is 1.55. The van der Waals surface area contributed by atoms with Gasteiger partial charge in [0, 0.05) is 30.8 Å². The molecule has 5 nitrogen and oxygen atoms in total. The molecule has 1 aliphatic carbocycles. The maximum absolute atomic E-state index is 13.2. The first kappa shape index (κ1) is 23.1. The van der Waals surface area contributed by atoms with E-state index >= 15 is 0 Å². The Bertz CT molecular complexity index is 1010. The lowest BCUT2D eigenvalue weighted by atomic mass is 9.89. The highest BCUT2D eigenvalue weighted by Gasteiger charge is 2.35. The highest BCUT2D eigenvalue weighted by molar-refractivity contribution is 5.97. The van der Waals surface area contributed by atoms with Gasteiger partial charge >= 0.3 is 6.18 Å². The number of fused-ring (bicyclic) bond motifs is 1. The number of nitrogens with one attached hydrogen (secondary N) is 2. The van der Waals surface area contributed by atoms with Crippen LogP contribution in [0.5, 0.6) is 0 Å². The molecule has 33 heavy (non-hydrogen) atoms. The average Bonchev–Trinajstić information content (AvgIpc) is 3.15. The molecule has 1 unspecified atom stereocenters. The Morgan fingerprint density at radius 1 is 1.09 bits per heavy atom. The number of carbonyl (C=O) groups excluding carboxylic acids is 1. The van der Waals surface area contributed by atoms with Crippen LogP contribution in [0.4, 0.5) is 18.9 Å². The van der Waals surface area contributed by atoms with Crippen LogP contribution < -0.4 is 16.0 Å². The molecule has 1 fully saturated rings. The van der Waals surface area contributed by atoms with E-state index in [9.17, 15) is 18.0 Å². The third-order valence-electron chi connectivity index (χ3n) is 6.72. The van der Waals surface area contributed by atoms with Crippen molar-refractivity contribution < 1.29 is 18.0 Å². The van der Waals surface area contributed by atoms with Gasteiger partial charge in [0.25, 0.3) is 0 Å². The minimum Gasteiger partial charge on any atom is -0.384 e. The first-order valence-electron chi connectivity index (χ1n) is 11.4. The molecule has 1 amide bonds. The highest BCUT2D eigenvalue weighted by Crippen LogP contribution is 2.35. The Labute approximate surface area is 191 Å². The van der Waals surface area contributed by atoms with Crippen LogP contribution >= 0.6 is 0 Å². The van der Waals surface area contributed by atoms with Crippen molar-refractivity contribution in [1.29, 1.82) is 5.41 Å². The molecular weight excluding hydrogens is 429 g/mol. The Morgan fingerprint density at radius 3 is 2.42 bits per heavy atom. The van der Waals surface area contributed by atoms with Gasteiger partial charge in [0.2, 0.25) is 5.91 Å². The summed E-state index contributed by atoms with van der Waals surface area (Å²) in [5, 5.41) is 10.9. The van der Waals surface area contributed by atoms with E-state index in [0.29, 0.717) is 30.0 Å². The van der Waals surface area contributed by atoms with Crippen LogP contribution in [0.1, 0.15) is 54.4 Å². The minimum atomic E-state index is -4.39. The third-order valence-corrected chi connectivity index (χ3v) is 6.72. The van der Waals surface area contributed by atoms with Gasteiger partial charge in [0.1, 0.15) is 11.9 Å². The number of carbonyl (C=O) groups is 1. The summed E-state index contributed by atoms with van der Waals surface area (Å²) < 4.78 is 38.9. The van der Waals surface area contributed by atoms with Gasteiger partial charge < -0.3 is 16.0 Å². The molecule has 2 aromatic rings. The van der Waals surface area contributed by atoms with Crippen LogP contribution in [0, 0.1) is 11.3 Å². The van der Waals surface area contributed by atoms with E-state index in [-0.39, 0.29) is 18.3 Å². The fourth-order valence-electron chi connectivity index (χ4n) is 4.84. The maximum Gasteiger partial charge on any atom is 0.416 e. The second-order valence-corrected chi connectivity index (χ2v) is 9.05. The summed E-state index contributed by atoms with van der Waals surface area (Å²) in [4.78, 5) is 15.1. The number of nitrogens with two attached hydrogens (primary N) is 1. The van der Waals surface area contributed by atoms with Crippen molar-refractivity contribution in [2.75, 3.05) is 11.4 Å². The molecule has 0 saturated heterocycles. The number of amidine groups is 1. The molecule has 0 bridgehead atoms. The van der Waals surface area contributed by atoms with E-state index < -0.39 is 17.8 Å². The standard InChI is InChI=1S/C25H29F3N4O/c26-25(27,28)20-10-6-17(7-11-20)15-32-21-13-19(23(29)30)9-8-18(21)12-22(32)24(33)31-14-16-4-2-1-3-5-16/h6-11,13,16,22H,1-5,12,14-15H2,(H3,29,30)(H,31,33). The summed E-state index contributed by atoms with van der Waals surface area (Å²) in [7, 11) is 0. The molecule has 0 radical (unpaired) electrons. The predicted molar refractivity (Wildman–Crippen MR) is 122 cm³/mol. The summed E-state index contributed by atoms with van der Waals surface area (Å²) in [6.45, 7) is 0.937. The van der Waals surface area contributed by atoms with E-state index in [1.807, 2.05) is 11.0 Å². The maximum atomic E-state index is 13.2. The number of benzene rings is 2. The largest absolute Gasteiger partial charge is 0.416 e. The quantitative estimate of drug-likeness (QED) is 0.437. The second kappa shape index (κ2) is 9.45. The number of nitrogens with zero attached hydrogens (tertiary/aromatic N) is 1. The number of hydrogen-bond acceptors (Lipinski definition) is 3. The van der Waals surface area contributed by atoms with Crippen molar-refractivity contribution in [2.45, 2.75) is 57.3 Å². The normalized spacial score (nSPS) is 18.8. The van der Waals surface area contributed by atoms with Gasteiger partial charge in [0.05, 0.1) is 5.56 Å². The Hall–Kier alpha value is -3.03. The summed E-state index contributed by atoms with van der Waals surface area (Å²) >= 11 is 0. The molecule has 1 saturated carbocycles. The van der Waals surface area contributed by atoms with Crippen LogP contribution in [-0.2, 0) is 23.9 Å². The van der Waals surface area contributed by atoms with Gasteiger partial charge in [-0.15, -0.1) is 0 Å². The van der Waals surface area contributed by atoms with Gasteiger partial charge in [-0.25, -0.2) is 0 Å². The molecule has 1 aliphatic heterocycles. The average molecular weight is 459 g/mol. The molecule has 1 heterocycles. The second-order valence-electron chi connectivity index (χ2n) is 9.05. The van der Waals surface area contributed by atoms with E-state index in [1.54, 1.807) is 12.1 Å². The van der Waals surface area contributed by atoms with Crippen molar-refractivity contribution in [2.24, 2.45) is 11.7 Å². The number of hydrogen-bond donors (Lipinski definition) is 3. The lowest BCUT2D eigenvalue weighted by molar-refractivity contribution is -0.137. The van der Waals surface area contributed by atoms with Gasteiger partial charge in [0.15, 0.2) is 0 Å². The molecule has 0 spiro atoms. The summed E-state index contributed by atoms with van der Waals surface area (Å²) in [6.07, 6.45) is 2.01. The van der Waals surface area contributed by atoms with Gasteiger partial charge in [-0.1, -0.05) is 43.5 Å². The monoisotopic (exact) mass is 458 g/mol. The van der Waals surface area contributed by atoms with E-state index in [0.717, 1.165) is 36.2 Å². The molecule has 2 aromatic carbocycles. The number of amides is 1. The van der Waals surface area contributed by atoms with Crippen molar-refractivity contribution >= 4 is 17.4 Å². The zero-order chi connectivity index (χ0) is 23.6. The van der Waals surface area contributed by atoms with Crippen molar-refractivity contribution in [3.8, 4) is 0 Å². The van der Waals surface area contributed by atoms with Crippen LogP contribution in [-0.4, -0.2) is 24.3 Å². The molecule has 4 N–H and O–H groups in total. The van der Waals surface area contributed by atoms with Crippen molar-refractivity contribution in [1.82, 2.24) is 5.32 Å².